The average molecular weight is 295 g/mol. The van der Waals surface area contributed by atoms with Crippen LogP contribution in [0.25, 0.3) is 0 Å². The highest BCUT2D eigenvalue weighted by molar-refractivity contribution is 5.22. The van der Waals surface area contributed by atoms with E-state index in [1.165, 1.54) is 31.4 Å². The zero-order chi connectivity index (χ0) is 14.7. The molecule has 0 spiro atoms. The molecule has 1 saturated carbocycles. The lowest BCUT2D eigenvalue weighted by atomic mass is 9.90. The molecule has 0 bridgehead atoms. The van der Waals surface area contributed by atoms with Crippen molar-refractivity contribution in [3.8, 4) is 5.75 Å². The van der Waals surface area contributed by atoms with Crippen molar-refractivity contribution in [2.75, 3.05) is 32.9 Å². The number of halogens is 1. The quantitative estimate of drug-likeness (QED) is 0.920. The van der Waals surface area contributed by atoms with E-state index in [1.54, 1.807) is 12.1 Å². The summed E-state index contributed by atoms with van der Waals surface area (Å²) in [5.41, 5.74) is -1.01. The van der Waals surface area contributed by atoms with Crippen LogP contribution >= 0.6 is 0 Å². The highest BCUT2D eigenvalue weighted by atomic mass is 19.1. The largest absolute Gasteiger partial charge is 0.490 e. The third-order valence-corrected chi connectivity index (χ3v) is 4.30. The first-order valence-corrected chi connectivity index (χ1v) is 7.57. The fourth-order valence-corrected chi connectivity index (χ4v) is 2.85. The van der Waals surface area contributed by atoms with Crippen molar-refractivity contribution in [1.82, 2.24) is 4.90 Å². The molecule has 21 heavy (non-hydrogen) atoms. The van der Waals surface area contributed by atoms with Gasteiger partial charge in [0.1, 0.15) is 23.8 Å². The van der Waals surface area contributed by atoms with Crippen molar-refractivity contribution in [2.24, 2.45) is 0 Å². The number of aliphatic hydroxyl groups is 1. The summed E-state index contributed by atoms with van der Waals surface area (Å²) in [5, 5.41) is 10.7. The third kappa shape index (κ3) is 3.73. The fraction of sp³-hybridized carbons (Fsp3) is 0.625. The molecule has 1 saturated heterocycles. The first-order chi connectivity index (χ1) is 10.1. The molecule has 1 aromatic carbocycles. The van der Waals surface area contributed by atoms with E-state index in [1.807, 2.05) is 0 Å². The van der Waals surface area contributed by atoms with Gasteiger partial charge in [-0.1, -0.05) is 6.42 Å². The van der Waals surface area contributed by atoms with Crippen LogP contribution in [-0.4, -0.2) is 54.6 Å². The minimum absolute atomic E-state index is 0.155. The molecule has 1 aliphatic carbocycles. The smallest absolute Gasteiger partial charge is 0.134 e. The van der Waals surface area contributed by atoms with Gasteiger partial charge < -0.3 is 14.6 Å². The van der Waals surface area contributed by atoms with E-state index >= 15 is 0 Å². The fourth-order valence-electron chi connectivity index (χ4n) is 2.85. The maximum absolute atomic E-state index is 12.9. The molecule has 1 N–H and O–H groups in total. The van der Waals surface area contributed by atoms with Crippen molar-refractivity contribution in [2.45, 2.75) is 30.9 Å². The van der Waals surface area contributed by atoms with Crippen molar-refractivity contribution in [3.05, 3.63) is 30.1 Å². The van der Waals surface area contributed by atoms with Crippen LogP contribution in [-0.2, 0) is 4.74 Å². The van der Waals surface area contributed by atoms with Crippen molar-refractivity contribution >= 4 is 0 Å². The van der Waals surface area contributed by atoms with Gasteiger partial charge in [0.05, 0.1) is 13.2 Å². The maximum atomic E-state index is 12.9. The van der Waals surface area contributed by atoms with Gasteiger partial charge in [-0.15, -0.1) is 0 Å². The van der Waals surface area contributed by atoms with Crippen LogP contribution in [0.4, 0.5) is 4.39 Å². The number of hydrogen-bond donors (Lipinski definition) is 1. The van der Waals surface area contributed by atoms with Gasteiger partial charge in [0.15, 0.2) is 0 Å². The second kappa shape index (κ2) is 6.30. The third-order valence-electron chi connectivity index (χ3n) is 4.30. The van der Waals surface area contributed by atoms with E-state index in [0.29, 0.717) is 24.9 Å². The van der Waals surface area contributed by atoms with E-state index in [9.17, 15) is 9.50 Å². The summed E-state index contributed by atoms with van der Waals surface area (Å²) < 4.78 is 24.0. The van der Waals surface area contributed by atoms with Gasteiger partial charge in [-0.25, -0.2) is 4.39 Å². The molecular weight excluding hydrogens is 273 g/mol. The standard InChI is InChI=1S/C16H22FNO3/c17-13-4-6-15(7-5-13)21-12-16(19)10-18(8-9-20-11-16)14-2-1-3-14/h4-7,14,19H,1-3,8-12H2. The molecule has 1 aliphatic heterocycles. The van der Waals surface area contributed by atoms with Gasteiger partial charge in [0.2, 0.25) is 0 Å². The molecule has 0 amide bonds. The minimum Gasteiger partial charge on any atom is -0.490 e. The van der Waals surface area contributed by atoms with E-state index in [4.69, 9.17) is 9.47 Å². The lowest BCUT2D eigenvalue weighted by Crippen LogP contribution is -2.52. The van der Waals surface area contributed by atoms with Crippen LogP contribution in [0.3, 0.4) is 0 Å². The molecule has 1 atom stereocenters. The van der Waals surface area contributed by atoms with Crippen LogP contribution in [0, 0.1) is 5.82 Å². The molecule has 1 unspecified atom stereocenters. The molecule has 2 aliphatic rings. The van der Waals surface area contributed by atoms with E-state index in [0.717, 1.165) is 6.54 Å². The summed E-state index contributed by atoms with van der Waals surface area (Å²) in [6.45, 7) is 2.51. The van der Waals surface area contributed by atoms with Crippen LogP contribution < -0.4 is 4.74 Å². The Morgan fingerprint density at radius 2 is 2.10 bits per heavy atom. The lowest BCUT2D eigenvalue weighted by molar-refractivity contribution is -0.0698. The molecule has 5 heteroatoms. The predicted octanol–water partition coefficient (Wildman–Crippen LogP) is 1.82. The molecular formula is C16H22FNO3. The Morgan fingerprint density at radius 3 is 2.76 bits per heavy atom. The number of hydrogen-bond acceptors (Lipinski definition) is 4. The summed E-state index contributed by atoms with van der Waals surface area (Å²) in [5.74, 6) is 0.263. The van der Waals surface area contributed by atoms with Crippen molar-refractivity contribution < 1.29 is 19.0 Å². The summed E-state index contributed by atoms with van der Waals surface area (Å²) in [6, 6.07) is 6.41. The molecule has 3 rings (SSSR count). The molecule has 0 aromatic heterocycles. The second-order valence-corrected chi connectivity index (χ2v) is 6.07. The monoisotopic (exact) mass is 295 g/mol. The number of benzene rings is 1. The summed E-state index contributed by atoms with van der Waals surface area (Å²) in [4.78, 5) is 2.31. The van der Waals surface area contributed by atoms with Crippen molar-refractivity contribution in [3.63, 3.8) is 0 Å². The Kier molecular flexibility index (Phi) is 4.42. The summed E-state index contributed by atoms with van der Waals surface area (Å²) in [7, 11) is 0. The molecule has 4 nitrogen and oxygen atoms in total. The van der Waals surface area contributed by atoms with E-state index in [2.05, 4.69) is 4.90 Å². The Hall–Kier alpha value is -1.17. The molecule has 1 heterocycles. The van der Waals surface area contributed by atoms with E-state index < -0.39 is 5.60 Å². The number of β-amino-alcohol motifs (C(OH)–C–C–N with tert-alkyl or cyclic N) is 1. The van der Waals surface area contributed by atoms with Crippen LogP contribution in [0.15, 0.2) is 24.3 Å². The number of ether oxygens (including phenoxy) is 2. The minimum atomic E-state index is -1.01. The molecule has 1 aromatic rings. The number of nitrogens with zero attached hydrogens (tertiary/aromatic N) is 1. The van der Waals surface area contributed by atoms with Gasteiger partial charge in [0.25, 0.3) is 0 Å². The second-order valence-electron chi connectivity index (χ2n) is 6.07. The topological polar surface area (TPSA) is 41.9 Å². The highest BCUT2D eigenvalue weighted by Gasteiger charge is 2.37. The van der Waals surface area contributed by atoms with Crippen LogP contribution in [0.1, 0.15) is 19.3 Å². The first-order valence-electron chi connectivity index (χ1n) is 7.57. The Labute approximate surface area is 124 Å². The Morgan fingerprint density at radius 1 is 1.33 bits per heavy atom. The van der Waals surface area contributed by atoms with Gasteiger partial charge in [-0.05, 0) is 37.1 Å². The highest BCUT2D eigenvalue weighted by Crippen LogP contribution is 2.27. The van der Waals surface area contributed by atoms with Gasteiger partial charge in [-0.3, -0.25) is 4.90 Å². The first kappa shape index (κ1) is 14.8. The molecule has 0 radical (unpaired) electrons. The summed E-state index contributed by atoms with van der Waals surface area (Å²) in [6.07, 6.45) is 3.68. The predicted molar refractivity (Wildman–Crippen MR) is 76.9 cm³/mol. The van der Waals surface area contributed by atoms with Crippen molar-refractivity contribution in [1.29, 1.82) is 0 Å². The lowest BCUT2D eigenvalue weighted by Gasteiger charge is -2.39. The zero-order valence-electron chi connectivity index (χ0n) is 12.1. The molecule has 2 fully saturated rings. The molecule has 116 valence electrons. The summed E-state index contributed by atoms with van der Waals surface area (Å²) >= 11 is 0. The van der Waals surface area contributed by atoms with Gasteiger partial charge >= 0.3 is 0 Å². The van der Waals surface area contributed by atoms with Crippen LogP contribution in [0.2, 0.25) is 0 Å². The Balaban J connectivity index is 1.59. The SMILES string of the molecule is OC1(COc2ccc(F)cc2)COCCN(C2CCC2)C1. The Bertz CT molecular complexity index is 463. The average Bonchev–Trinajstić information content (AvgIpc) is 2.59. The van der Waals surface area contributed by atoms with Gasteiger partial charge in [0, 0.05) is 19.1 Å². The number of rotatable bonds is 4. The van der Waals surface area contributed by atoms with Crippen LogP contribution in [0.5, 0.6) is 5.75 Å². The maximum Gasteiger partial charge on any atom is 0.134 e. The zero-order valence-corrected chi connectivity index (χ0v) is 12.1. The van der Waals surface area contributed by atoms with Gasteiger partial charge in [-0.2, -0.15) is 0 Å². The van der Waals surface area contributed by atoms with E-state index in [-0.39, 0.29) is 19.0 Å². The normalized spacial score (nSPS) is 27.9.